The maximum atomic E-state index is 11.4. The van der Waals surface area contributed by atoms with Gasteiger partial charge < -0.3 is 10.1 Å². The minimum Gasteiger partial charge on any atom is -0.463 e. The molecule has 0 heterocycles. The number of esters is 1. The van der Waals surface area contributed by atoms with E-state index in [-0.39, 0.29) is 12.1 Å². The van der Waals surface area contributed by atoms with Gasteiger partial charge in [0, 0.05) is 17.1 Å². The summed E-state index contributed by atoms with van der Waals surface area (Å²) < 4.78 is 6.25. The third-order valence-corrected chi connectivity index (χ3v) is 3.76. The van der Waals surface area contributed by atoms with Crippen LogP contribution in [0.5, 0.6) is 0 Å². The Balaban J connectivity index is 1.82. The summed E-state index contributed by atoms with van der Waals surface area (Å²) in [6, 6.07) is 6.79. The number of hydrogen-bond acceptors (Lipinski definition) is 3. The van der Waals surface area contributed by atoms with E-state index in [4.69, 9.17) is 4.74 Å². The number of benzene rings is 1. The van der Waals surface area contributed by atoms with Gasteiger partial charge in [0.15, 0.2) is 0 Å². The zero-order valence-electron chi connectivity index (χ0n) is 11.4. The van der Waals surface area contributed by atoms with E-state index in [0.717, 1.165) is 17.3 Å². The van der Waals surface area contributed by atoms with Crippen molar-refractivity contribution in [1.29, 1.82) is 0 Å². The van der Waals surface area contributed by atoms with Gasteiger partial charge in [-0.25, -0.2) is 0 Å². The largest absolute Gasteiger partial charge is 0.463 e. The average molecular weight is 326 g/mol. The van der Waals surface area contributed by atoms with Crippen LogP contribution in [0.25, 0.3) is 0 Å². The molecule has 0 saturated heterocycles. The molecule has 3 nitrogen and oxygen atoms in total. The van der Waals surface area contributed by atoms with E-state index >= 15 is 0 Å². The normalized spacial score (nSPS) is 17.6. The first-order chi connectivity index (χ1) is 9.06. The highest BCUT2D eigenvalue weighted by molar-refractivity contribution is 9.10. The molecule has 0 saturated carbocycles. The van der Waals surface area contributed by atoms with Crippen molar-refractivity contribution in [3.05, 3.63) is 33.8 Å². The Kier molecular flexibility index (Phi) is 4.99. The summed E-state index contributed by atoms with van der Waals surface area (Å²) >= 11 is 3.50. The van der Waals surface area contributed by atoms with Crippen molar-refractivity contribution >= 4 is 21.9 Å². The molecule has 1 unspecified atom stereocenters. The zero-order chi connectivity index (χ0) is 13.8. The van der Waals surface area contributed by atoms with Crippen molar-refractivity contribution in [3.63, 3.8) is 0 Å². The molecule has 0 radical (unpaired) electrons. The Hall–Kier alpha value is -0.870. The maximum absolute atomic E-state index is 11.4. The van der Waals surface area contributed by atoms with E-state index in [1.807, 2.05) is 13.8 Å². The Morgan fingerprint density at radius 1 is 1.53 bits per heavy atom. The smallest absolute Gasteiger partial charge is 0.307 e. The molecule has 1 atom stereocenters. The van der Waals surface area contributed by atoms with Gasteiger partial charge in [0.25, 0.3) is 0 Å². The Bertz CT molecular complexity index is 459. The van der Waals surface area contributed by atoms with Gasteiger partial charge >= 0.3 is 5.97 Å². The van der Waals surface area contributed by atoms with Gasteiger partial charge in [0.2, 0.25) is 0 Å². The fourth-order valence-electron chi connectivity index (χ4n) is 2.47. The number of nitrogens with one attached hydrogen (secondary N) is 1. The van der Waals surface area contributed by atoms with Crippen LogP contribution in [0.1, 0.15) is 43.9 Å². The molecule has 19 heavy (non-hydrogen) atoms. The van der Waals surface area contributed by atoms with Crippen molar-refractivity contribution in [2.24, 2.45) is 0 Å². The zero-order valence-corrected chi connectivity index (χ0v) is 13.0. The number of ether oxygens (including phenoxy) is 1. The van der Waals surface area contributed by atoms with Crippen molar-refractivity contribution in [3.8, 4) is 0 Å². The second kappa shape index (κ2) is 6.53. The lowest BCUT2D eigenvalue weighted by Gasteiger charge is -2.14. The van der Waals surface area contributed by atoms with E-state index in [9.17, 15) is 4.79 Å². The van der Waals surface area contributed by atoms with Gasteiger partial charge in [0.1, 0.15) is 0 Å². The quantitative estimate of drug-likeness (QED) is 0.843. The number of carbonyl (C=O) groups is 1. The molecule has 1 aliphatic rings. The third-order valence-electron chi connectivity index (χ3n) is 3.27. The number of halogens is 1. The van der Waals surface area contributed by atoms with Gasteiger partial charge in [-0.15, -0.1) is 0 Å². The van der Waals surface area contributed by atoms with Crippen molar-refractivity contribution in [2.45, 2.75) is 45.3 Å². The summed E-state index contributed by atoms with van der Waals surface area (Å²) in [6.07, 6.45) is 2.60. The first-order valence-corrected chi connectivity index (χ1v) is 7.56. The predicted molar refractivity (Wildman–Crippen MR) is 79.1 cm³/mol. The van der Waals surface area contributed by atoms with Crippen LogP contribution in [0, 0.1) is 0 Å². The minimum atomic E-state index is -0.128. The third kappa shape index (κ3) is 4.05. The van der Waals surface area contributed by atoms with Crippen LogP contribution in [-0.2, 0) is 16.0 Å². The topological polar surface area (TPSA) is 38.3 Å². The molecular weight excluding hydrogens is 306 g/mol. The van der Waals surface area contributed by atoms with E-state index in [1.165, 1.54) is 11.1 Å². The van der Waals surface area contributed by atoms with Crippen LogP contribution in [0.3, 0.4) is 0 Å². The van der Waals surface area contributed by atoms with Gasteiger partial charge in [-0.2, -0.15) is 0 Å². The van der Waals surface area contributed by atoms with Gasteiger partial charge in [-0.05, 0) is 49.9 Å². The molecule has 1 aliphatic carbocycles. The summed E-state index contributed by atoms with van der Waals surface area (Å²) in [5.74, 6) is -0.128. The molecule has 1 aromatic carbocycles. The first kappa shape index (κ1) is 14.5. The summed E-state index contributed by atoms with van der Waals surface area (Å²) in [4.78, 5) is 11.4. The fourth-order valence-corrected chi connectivity index (χ4v) is 2.88. The molecule has 1 N–H and O–H groups in total. The van der Waals surface area contributed by atoms with E-state index < -0.39 is 0 Å². The van der Waals surface area contributed by atoms with Crippen LogP contribution in [-0.4, -0.2) is 18.6 Å². The van der Waals surface area contributed by atoms with Crippen LogP contribution in [0.4, 0.5) is 0 Å². The standard InChI is InChI=1S/C15H20BrNO2/c1-10(2)19-15(18)7-8-17-14-6-3-11-9-12(16)4-5-13(11)14/h4-5,9-10,14,17H,3,6-8H2,1-2H3. The second-order valence-corrected chi connectivity index (χ2v) is 6.09. The highest BCUT2D eigenvalue weighted by Crippen LogP contribution is 2.32. The molecule has 0 aromatic heterocycles. The lowest BCUT2D eigenvalue weighted by atomic mass is 10.1. The number of rotatable bonds is 5. The molecule has 0 amide bonds. The molecule has 0 bridgehead atoms. The number of fused-ring (bicyclic) bond motifs is 1. The summed E-state index contributed by atoms with van der Waals surface area (Å²) in [6.45, 7) is 4.42. The maximum Gasteiger partial charge on any atom is 0.307 e. The molecule has 2 rings (SSSR count). The van der Waals surface area contributed by atoms with Crippen LogP contribution in [0.15, 0.2) is 22.7 Å². The minimum absolute atomic E-state index is 0.0305. The Labute approximate surface area is 122 Å². The monoisotopic (exact) mass is 325 g/mol. The molecular formula is C15H20BrNO2. The molecule has 104 valence electrons. The summed E-state index contributed by atoms with van der Waals surface area (Å²) in [7, 11) is 0. The fraction of sp³-hybridized carbons (Fsp3) is 0.533. The van der Waals surface area contributed by atoms with Crippen molar-refractivity contribution in [1.82, 2.24) is 5.32 Å². The van der Waals surface area contributed by atoms with E-state index in [0.29, 0.717) is 19.0 Å². The summed E-state index contributed by atoms with van der Waals surface area (Å²) in [5.41, 5.74) is 2.76. The van der Waals surface area contributed by atoms with Gasteiger partial charge in [-0.3, -0.25) is 4.79 Å². The average Bonchev–Trinajstić information content (AvgIpc) is 2.70. The lowest BCUT2D eigenvalue weighted by molar-refractivity contribution is -0.147. The summed E-state index contributed by atoms with van der Waals surface area (Å²) in [5, 5.41) is 3.45. The Morgan fingerprint density at radius 2 is 2.32 bits per heavy atom. The van der Waals surface area contributed by atoms with Crippen LogP contribution < -0.4 is 5.32 Å². The number of aryl methyl sites for hydroxylation is 1. The SMILES string of the molecule is CC(C)OC(=O)CCNC1CCc2cc(Br)ccc21. The van der Waals surface area contributed by atoms with Crippen LogP contribution >= 0.6 is 15.9 Å². The predicted octanol–water partition coefficient (Wildman–Crippen LogP) is 3.37. The number of carbonyl (C=O) groups excluding carboxylic acids is 1. The number of hydrogen-bond donors (Lipinski definition) is 1. The lowest BCUT2D eigenvalue weighted by Crippen LogP contribution is -2.24. The highest BCUT2D eigenvalue weighted by atomic mass is 79.9. The van der Waals surface area contributed by atoms with Crippen molar-refractivity contribution < 1.29 is 9.53 Å². The molecule has 0 fully saturated rings. The Morgan fingerprint density at radius 3 is 3.05 bits per heavy atom. The van der Waals surface area contributed by atoms with E-state index in [1.54, 1.807) is 0 Å². The second-order valence-electron chi connectivity index (χ2n) is 5.18. The molecule has 0 aliphatic heterocycles. The molecule has 0 spiro atoms. The van der Waals surface area contributed by atoms with E-state index in [2.05, 4.69) is 39.4 Å². The van der Waals surface area contributed by atoms with Gasteiger partial charge in [-0.1, -0.05) is 22.0 Å². The van der Waals surface area contributed by atoms with Gasteiger partial charge in [0.05, 0.1) is 12.5 Å². The highest BCUT2D eigenvalue weighted by Gasteiger charge is 2.22. The van der Waals surface area contributed by atoms with Crippen molar-refractivity contribution in [2.75, 3.05) is 6.54 Å². The van der Waals surface area contributed by atoms with Crippen LogP contribution in [0.2, 0.25) is 0 Å². The molecule has 4 heteroatoms. The first-order valence-electron chi connectivity index (χ1n) is 6.77. The molecule has 1 aromatic rings.